The molecule has 0 aromatic carbocycles. The van der Waals surface area contributed by atoms with Crippen LogP contribution < -0.4 is 4.72 Å². The number of nitrogens with zero attached hydrogens (tertiary/aromatic N) is 1. The summed E-state index contributed by atoms with van der Waals surface area (Å²) in [5.74, 6) is -0.534. The maximum absolute atomic E-state index is 13.8. The van der Waals surface area contributed by atoms with Crippen LogP contribution in [0.4, 0.5) is 4.39 Å². The molecular weight excluding hydrogens is 335 g/mol. The van der Waals surface area contributed by atoms with Crippen molar-refractivity contribution < 1.29 is 13.7 Å². The number of hydrogen-bond donors (Lipinski definition) is 1. The number of nitrogens with one attached hydrogen (secondary N) is 1. The molecule has 1 N–H and O–H groups in total. The average molecular weight is 351 g/mol. The van der Waals surface area contributed by atoms with Gasteiger partial charge in [0.25, 0.3) is 0 Å². The molecule has 7 heteroatoms. The zero-order chi connectivity index (χ0) is 14.6. The smallest absolute Gasteiger partial charge is 0.146 e. The highest BCUT2D eigenvalue weighted by Gasteiger charge is 2.31. The highest BCUT2D eigenvalue weighted by molar-refractivity contribution is 9.10. The lowest BCUT2D eigenvalue weighted by molar-refractivity contribution is -0.108. The van der Waals surface area contributed by atoms with Crippen molar-refractivity contribution in [3.63, 3.8) is 0 Å². The minimum absolute atomic E-state index is 0.00218. The number of aromatic nitrogens is 1. The number of carbonyl (C=O) groups excluding carboxylic acids is 1. The van der Waals surface area contributed by atoms with Gasteiger partial charge >= 0.3 is 0 Å². The first-order valence-corrected chi connectivity index (χ1v) is 7.63. The van der Waals surface area contributed by atoms with Gasteiger partial charge in [0.15, 0.2) is 0 Å². The van der Waals surface area contributed by atoms with Crippen molar-refractivity contribution in [2.45, 2.75) is 38.0 Å². The predicted octanol–water partition coefficient (Wildman–Crippen LogP) is 2.67. The molecular formula is C12H16BrFN2O2S. The summed E-state index contributed by atoms with van der Waals surface area (Å²) >= 11 is 1.74. The van der Waals surface area contributed by atoms with Gasteiger partial charge in [0.2, 0.25) is 0 Å². The van der Waals surface area contributed by atoms with E-state index in [1.54, 1.807) is 20.8 Å². The molecule has 106 valence electrons. The van der Waals surface area contributed by atoms with Crippen molar-refractivity contribution in [1.29, 1.82) is 0 Å². The SMILES string of the molecule is CC(C)(C)[S+]([O-])N[C@H](CC=O)c1nc(Br)ccc1F. The monoisotopic (exact) mass is 350 g/mol. The first kappa shape index (κ1) is 16.6. The molecule has 0 amide bonds. The molecule has 2 atom stereocenters. The van der Waals surface area contributed by atoms with Gasteiger partial charge in [-0.15, -0.1) is 4.72 Å². The summed E-state index contributed by atoms with van der Waals surface area (Å²) in [5.41, 5.74) is 0.0825. The molecule has 1 rings (SSSR count). The summed E-state index contributed by atoms with van der Waals surface area (Å²) in [6, 6.07) is 2.01. The first-order valence-electron chi connectivity index (χ1n) is 5.69. The molecule has 0 bridgehead atoms. The van der Waals surface area contributed by atoms with Gasteiger partial charge in [-0.25, -0.2) is 9.37 Å². The third-order valence-corrected chi connectivity index (χ3v) is 4.36. The third-order valence-electron chi connectivity index (χ3n) is 2.31. The van der Waals surface area contributed by atoms with Crippen molar-refractivity contribution in [3.05, 3.63) is 28.2 Å². The fourth-order valence-electron chi connectivity index (χ4n) is 1.30. The first-order chi connectivity index (χ1) is 8.75. The van der Waals surface area contributed by atoms with Crippen LogP contribution in [0.2, 0.25) is 0 Å². The molecule has 1 heterocycles. The normalized spacial score (nSPS) is 15.1. The number of carbonyl (C=O) groups is 1. The molecule has 0 radical (unpaired) electrons. The van der Waals surface area contributed by atoms with E-state index in [4.69, 9.17) is 0 Å². The van der Waals surface area contributed by atoms with Gasteiger partial charge in [0, 0.05) is 17.8 Å². The van der Waals surface area contributed by atoms with Gasteiger partial charge in [-0.3, -0.25) is 0 Å². The average Bonchev–Trinajstić information content (AvgIpc) is 2.30. The summed E-state index contributed by atoms with van der Waals surface area (Å²) in [5, 5.41) is 0. The lowest BCUT2D eigenvalue weighted by Gasteiger charge is -2.27. The van der Waals surface area contributed by atoms with Crippen LogP contribution in [0.1, 0.15) is 38.9 Å². The molecule has 0 aliphatic heterocycles. The minimum Gasteiger partial charge on any atom is -0.598 e. The topological polar surface area (TPSA) is 65.0 Å². The molecule has 0 aliphatic rings. The van der Waals surface area contributed by atoms with Crippen LogP contribution in [0, 0.1) is 5.82 Å². The highest BCUT2D eigenvalue weighted by Crippen LogP contribution is 2.23. The van der Waals surface area contributed by atoms with E-state index in [0.717, 1.165) is 0 Å². The molecule has 0 saturated heterocycles. The van der Waals surface area contributed by atoms with Crippen molar-refractivity contribution in [1.82, 2.24) is 9.71 Å². The molecule has 1 unspecified atom stereocenters. The molecule has 0 aliphatic carbocycles. The number of rotatable bonds is 5. The van der Waals surface area contributed by atoms with Crippen molar-refractivity contribution in [2.75, 3.05) is 0 Å². The van der Waals surface area contributed by atoms with Gasteiger partial charge in [-0.05, 0) is 48.8 Å². The Labute approximate surface area is 123 Å². The molecule has 4 nitrogen and oxygen atoms in total. The molecule has 0 spiro atoms. The van der Waals surface area contributed by atoms with E-state index in [2.05, 4.69) is 25.6 Å². The number of aldehydes is 1. The Kier molecular flexibility index (Phi) is 5.91. The molecule has 0 saturated carbocycles. The summed E-state index contributed by atoms with van der Waals surface area (Å²) < 4.78 is 28.5. The second kappa shape index (κ2) is 6.78. The van der Waals surface area contributed by atoms with Crippen molar-refractivity contribution in [2.24, 2.45) is 0 Å². The van der Waals surface area contributed by atoms with Gasteiger partial charge in [-0.1, -0.05) is 0 Å². The fraction of sp³-hybridized carbons (Fsp3) is 0.500. The van der Waals surface area contributed by atoms with Gasteiger partial charge < -0.3 is 9.35 Å². The van der Waals surface area contributed by atoms with Crippen molar-refractivity contribution >= 4 is 33.6 Å². The Hall–Kier alpha value is -0.500. The predicted molar refractivity (Wildman–Crippen MR) is 76.3 cm³/mol. The minimum atomic E-state index is -1.42. The molecule has 19 heavy (non-hydrogen) atoms. The summed E-state index contributed by atoms with van der Waals surface area (Å²) in [6.45, 7) is 5.37. The van der Waals surface area contributed by atoms with Crippen LogP contribution in [-0.2, 0) is 16.2 Å². The number of halogens is 2. The zero-order valence-corrected chi connectivity index (χ0v) is 13.3. The Morgan fingerprint density at radius 2 is 2.21 bits per heavy atom. The fourth-order valence-corrected chi connectivity index (χ4v) is 2.44. The van der Waals surface area contributed by atoms with E-state index < -0.39 is 28.0 Å². The summed E-state index contributed by atoms with van der Waals surface area (Å²) in [6.07, 6.45) is 0.655. The summed E-state index contributed by atoms with van der Waals surface area (Å²) in [4.78, 5) is 14.7. The molecule has 0 fully saturated rings. The maximum atomic E-state index is 13.8. The van der Waals surface area contributed by atoms with Crippen LogP contribution in [0.15, 0.2) is 16.7 Å². The number of pyridine rings is 1. The standard InChI is InChI=1S/C12H16BrFN2O2S/c1-12(2,3)19(18)16-9(6-7-17)11-8(14)4-5-10(13)15-11/h4-5,7,9,16H,6H2,1-3H3/t9-,19?/m1/s1. The second-order valence-corrected chi connectivity index (χ2v) is 7.77. The van der Waals surface area contributed by atoms with Crippen LogP contribution in [0.3, 0.4) is 0 Å². The van der Waals surface area contributed by atoms with Gasteiger partial charge in [-0.2, -0.15) is 0 Å². The Morgan fingerprint density at radius 1 is 1.58 bits per heavy atom. The molecule has 1 aromatic heterocycles. The lowest BCUT2D eigenvalue weighted by atomic mass is 10.1. The van der Waals surface area contributed by atoms with E-state index >= 15 is 0 Å². The molecule has 1 aromatic rings. The van der Waals surface area contributed by atoms with Gasteiger partial charge in [0.1, 0.15) is 27.5 Å². The Bertz CT molecular complexity index is 454. The Balaban J connectivity index is 3.00. The van der Waals surface area contributed by atoms with Crippen LogP contribution >= 0.6 is 15.9 Å². The van der Waals surface area contributed by atoms with Crippen LogP contribution in [0.5, 0.6) is 0 Å². The van der Waals surface area contributed by atoms with Gasteiger partial charge in [0.05, 0.1) is 5.69 Å². The Morgan fingerprint density at radius 3 is 2.74 bits per heavy atom. The number of hydrogen-bond acceptors (Lipinski definition) is 4. The third kappa shape index (κ3) is 4.83. The van der Waals surface area contributed by atoms with E-state index in [9.17, 15) is 13.7 Å². The van der Waals surface area contributed by atoms with E-state index in [1.165, 1.54) is 12.1 Å². The zero-order valence-electron chi connectivity index (χ0n) is 10.9. The van der Waals surface area contributed by atoms with E-state index in [-0.39, 0.29) is 12.1 Å². The lowest BCUT2D eigenvalue weighted by Crippen LogP contribution is -2.41. The van der Waals surface area contributed by atoms with Crippen LogP contribution in [0.25, 0.3) is 0 Å². The maximum Gasteiger partial charge on any atom is 0.146 e. The van der Waals surface area contributed by atoms with E-state index in [1.807, 2.05) is 0 Å². The second-order valence-electron chi connectivity index (χ2n) is 4.95. The van der Waals surface area contributed by atoms with Crippen LogP contribution in [-0.4, -0.2) is 20.6 Å². The largest absolute Gasteiger partial charge is 0.598 e. The summed E-state index contributed by atoms with van der Waals surface area (Å²) in [7, 11) is 0. The highest BCUT2D eigenvalue weighted by atomic mass is 79.9. The van der Waals surface area contributed by atoms with Crippen molar-refractivity contribution in [3.8, 4) is 0 Å². The quantitative estimate of drug-likeness (QED) is 0.503. The van der Waals surface area contributed by atoms with E-state index in [0.29, 0.717) is 10.9 Å².